The molecule has 0 saturated carbocycles. The highest BCUT2D eigenvalue weighted by Gasteiger charge is 2.15. The first-order chi connectivity index (χ1) is 6.68. The van der Waals surface area contributed by atoms with Gasteiger partial charge in [0.15, 0.2) is 0 Å². The Balaban J connectivity index is 2.09. The highest BCUT2D eigenvalue weighted by molar-refractivity contribution is 7.99. The van der Waals surface area contributed by atoms with Gasteiger partial charge in [0.05, 0.1) is 6.10 Å². The molecule has 0 radical (unpaired) electrons. The molecule has 1 saturated heterocycles. The van der Waals surface area contributed by atoms with Crippen molar-refractivity contribution in [1.82, 2.24) is 5.32 Å². The van der Waals surface area contributed by atoms with E-state index >= 15 is 0 Å². The van der Waals surface area contributed by atoms with Crippen molar-refractivity contribution in [2.75, 3.05) is 12.3 Å². The van der Waals surface area contributed by atoms with Gasteiger partial charge in [0.1, 0.15) is 0 Å². The first kappa shape index (κ1) is 11.7. The number of alkyl carbamates (subject to hydrolysis) is 1. The standard InChI is InChI=1S/C10H19NO2S/c1-8(2)13-10(12)11-7-9-5-3-4-6-14-9/h8-9H,3-7H2,1-2H3,(H,11,12). The average molecular weight is 217 g/mol. The maximum Gasteiger partial charge on any atom is 0.407 e. The summed E-state index contributed by atoms with van der Waals surface area (Å²) in [4.78, 5) is 11.2. The van der Waals surface area contributed by atoms with Crippen molar-refractivity contribution in [3.63, 3.8) is 0 Å². The molecular formula is C10H19NO2S. The second-order valence-corrected chi connectivity index (χ2v) is 5.23. The fourth-order valence-corrected chi connectivity index (χ4v) is 2.66. The van der Waals surface area contributed by atoms with E-state index in [2.05, 4.69) is 5.32 Å². The lowest BCUT2D eigenvalue weighted by Crippen LogP contribution is -2.33. The van der Waals surface area contributed by atoms with Crippen LogP contribution in [0.5, 0.6) is 0 Å². The van der Waals surface area contributed by atoms with Crippen LogP contribution in [0.3, 0.4) is 0 Å². The van der Waals surface area contributed by atoms with Gasteiger partial charge in [0, 0.05) is 11.8 Å². The highest BCUT2D eigenvalue weighted by atomic mass is 32.2. The summed E-state index contributed by atoms with van der Waals surface area (Å²) in [6, 6.07) is 0. The van der Waals surface area contributed by atoms with Crippen LogP contribution in [-0.2, 0) is 4.74 Å². The molecule has 0 aromatic carbocycles. The van der Waals surface area contributed by atoms with Crippen LogP contribution in [0.25, 0.3) is 0 Å². The molecular weight excluding hydrogens is 198 g/mol. The fourth-order valence-electron chi connectivity index (χ4n) is 1.42. The lowest BCUT2D eigenvalue weighted by Gasteiger charge is -2.21. The van der Waals surface area contributed by atoms with E-state index < -0.39 is 0 Å². The van der Waals surface area contributed by atoms with E-state index in [-0.39, 0.29) is 12.2 Å². The zero-order valence-corrected chi connectivity index (χ0v) is 9.73. The summed E-state index contributed by atoms with van der Waals surface area (Å²) in [6.45, 7) is 4.46. The highest BCUT2D eigenvalue weighted by Crippen LogP contribution is 2.24. The number of ether oxygens (including phenoxy) is 1. The summed E-state index contributed by atoms with van der Waals surface area (Å²) in [5.74, 6) is 1.23. The number of hydrogen-bond acceptors (Lipinski definition) is 3. The molecule has 82 valence electrons. The molecule has 1 heterocycles. The van der Waals surface area contributed by atoms with Crippen molar-refractivity contribution in [3.05, 3.63) is 0 Å². The van der Waals surface area contributed by atoms with Crippen LogP contribution < -0.4 is 5.32 Å². The quantitative estimate of drug-likeness (QED) is 0.789. The number of carbonyl (C=O) groups excluding carboxylic acids is 1. The maximum atomic E-state index is 11.2. The van der Waals surface area contributed by atoms with E-state index in [1.807, 2.05) is 25.6 Å². The summed E-state index contributed by atoms with van der Waals surface area (Å²) in [5.41, 5.74) is 0. The van der Waals surface area contributed by atoms with Gasteiger partial charge in [-0.15, -0.1) is 0 Å². The van der Waals surface area contributed by atoms with E-state index in [9.17, 15) is 4.79 Å². The Morgan fingerprint density at radius 1 is 1.57 bits per heavy atom. The zero-order chi connectivity index (χ0) is 10.4. The molecule has 3 nitrogen and oxygen atoms in total. The Bertz CT molecular complexity index is 179. The van der Waals surface area contributed by atoms with Crippen LogP contribution in [0.2, 0.25) is 0 Å². The summed E-state index contributed by atoms with van der Waals surface area (Å²) in [5, 5.41) is 3.39. The third kappa shape index (κ3) is 4.74. The van der Waals surface area contributed by atoms with Crippen LogP contribution in [0.4, 0.5) is 4.79 Å². The normalized spacial score (nSPS) is 22.1. The number of amides is 1. The summed E-state index contributed by atoms with van der Waals surface area (Å²) in [7, 11) is 0. The molecule has 14 heavy (non-hydrogen) atoms. The van der Waals surface area contributed by atoms with Gasteiger partial charge in [-0.25, -0.2) is 4.79 Å². The Labute approximate surface area is 90.0 Å². The van der Waals surface area contributed by atoms with Crippen LogP contribution in [0, 0.1) is 0 Å². The molecule has 1 fully saturated rings. The van der Waals surface area contributed by atoms with Gasteiger partial charge in [0.25, 0.3) is 0 Å². The van der Waals surface area contributed by atoms with Crippen molar-refractivity contribution in [1.29, 1.82) is 0 Å². The topological polar surface area (TPSA) is 38.3 Å². The molecule has 0 spiro atoms. The smallest absolute Gasteiger partial charge is 0.407 e. The van der Waals surface area contributed by atoms with Crippen molar-refractivity contribution in [2.45, 2.75) is 44.5 Å². The monoisotopic (exact) mass is 217 g/mol. The van der Waals surface area contributed by atoms with Crippen molar-refractivity contribution >= 4 is 17.9 Å². The molecule has 0 bridgehead atoms. The van der Waals surface area contributed by atoms with Gasteiger partial charge in [-0.2, -0.15) is 11.8 Å². The maximum absolute atomic E-state index is 11.2. The van der Waals surface area contributed by atoms with Crippen LogP contribution in [0.15, 0.2) is 0 Å². The fraction of sp³-hybridized carbons (Fsp3) is 0.900. The van der Waals surface area contributed by atoms with Gasteiger partial charge < -0.3 is 10.1 Å². The first-order valence-electron chi connectivity index (χ1n) is 5.24. The molecule has 0 aromatic rings. The predicted octanol–water partition coefficient (Wildman–Crippen LogP) is 2.41. The molecule has 1 atom stereocenters. The molecule has 1 amide bonds. The van der Waals surface area contributed by atoms with E-state index in [4.69, 9.17) is 4.74 Å². The summed E-state index contributed by atoms with van der Waals surface area (Å²) >= 11 is 1.95. The van der Waals surface area contributed by atoms with Gasteiger partial charge in [0.2, 0.25) is 0 Å². The number of thioether (sulfide) groups is 1. The van der Waals surface area contributed by atoms with Gasteiger partial charge in [-0.05, 0) is 32.4 Å². The average Bonchev–Trinajstić information content (AvgIpc) is 2.15. The Kier molecular flexibility index (Phi) is 5.15. The third-order valence-electron chi connectivity index (χ3n) is 2.09. The zero-order valence-electron chi connectivity index (χ0n) is 8.91. The summed E-state index contributed by atoms with van der Waals surface area (Å²) in [6.07, 6.45) is 3.50. The van der Waals surface area contributed by atoms with Gasteiger partial charge in [-0.1, -0.05) is 6.42 Å². The molecule has 4 heteroatoms. The van der Waals surface area contributed by atoms with Crippen LogP contribution >= 0.6 is 11.8 Å². The minimum atomic E-state index is -0.286. The Morgan fingerprint density at radius 3 is 2.93 bits per heavy atom. The molecule has 1 N–H and O–H groups in total. The predicted molar refractivity (Wildman–Crippen MR) is 59.7 cm³/mol. The van der Waals surface area contributed by atoms with Crippen molar-refractivity contribution in [2.24, 2.45) is 0 Å². The summed E-state index contributed by atoms with van der Waals surface area (Å²) < 4.78 is 4.98. The second-order valence-electron chi connectivity index (χ2n) is 3.82. The molecule has 1 aliphatic rings. The van der Waals surface area contributed by atoms with Gasteiger partial charge in [-0.3, -0.25) is 0 Å². The molecule has 1 aliphatic heterocycles. The van der Waals surface area contributed by atoms with Crippen LogP contribution in [0.1, 0.15) is 33.1 Å². The SMILES string of the molecule is CC(C)OC(=O)NCC1CCCCS1. The molecule has 1 rings (SSSR count). The van der Waals surface area contributed by atoms with Crippen LogP contribution in [-0.4, -0.2) is 29.7 Å². The minimum absolute atomic E-state index is 0.0333. The number of rotatable bonds is 3. The number of carbonyl (C=O) groups is 1. The Hall–Kier alpha value is -0.380. The van der Waals surface area contributed by atoms with Crippen molar-refractivity contribution < 1.29 is 9.53 Å². The van der Waals surface area contributed by atoms with E-state index in [0.29, 0.717) is 5.25 Å². The lowest BCUT2D eigenvalue weighted by molar-refractivity contribution is 0.115. The van der Waals surface area contributed by atoms with Crippen molar-refractivity contribution in [3.8, 4) is 0 Å². The number of nitrogens with one attached hydrogen (secondary N) is 1. The van der Waals surface area contributed by atoms with Gasteiger partial charge >= 0.3 is 6.09 Å². The molecule has 0 aromatic heterocycles. The first-order valence-corrected chi connectivity index (χ1v) is 6.29. The second kappa shape index (κ2) is 6.17. The minimum Gasteiger partial charge on any atom is -0.447 e. The largest absolute Gasteiger partial charge is 0.447 e. The third-order valence-corrected chi connectivity index (χ3v) is 3.49. The molecule has 1 unspecified atom stereocenters. The Morgan fingerprint density at radius 2 is 2.36 bits per heavy atom. The van der Waals surface area contributed by atoms with E-state index in [1.165, 1.54) is 25.0 Å². The van der Waals surface area contributed by atoms with E-state index in [0.717, 1.165) is 6.54 Å². The molecule has 0 aliphatic carbocycles. The number of hydrogen-bond donors (Lipinski definition) is 1. The van der Waals surface area contributed by atoms with E-state index in [1.54, 1.807) is 0 Å². The lowest BCUT2D eigenvalue weighted by atomic mass is 10.2.